The highest BCUT2D eigenvalue weighted by atomic mass is 19.2. The van der Waals surface area contributed by atoms with Crippen LogP contribution in [0.5, 0.6) is 0 Å². The molecule has 0 spiro atoms. The average Bonchev–Trinajstić information content (AvgIpc) is 2.81. The smallest absolute Gasteiger partial charge is 0.252 e. The quantitative estimate of drug-likeness (QED) is 0.589. The SMILES string of the molecule is Cc1ccccc1C(=O)N[C@@H](c1ccccn1)[C@H]1CCCN(Cc2cccc(F)c2F)C1. The van der Waals surface area contributed by atoms with Gasteiger partial charge in [0.05, 0.1) is 11.7 Å². The Morgan fingerprint density at radius 1 is 1.12 bits per heavy atom. The predicted molar refractivity (Wildman–Crippen MR) is 120 cm³/mol. The van der Waals surface area contributed by atoms with Crippen molar-refractivity contribution in [3.05, 3.63) is 101 Å². The lowest BCUT2D eigenvalue weighted by Gasteiger charge is -2.37. The summed E-state index contributed by atoms with van der Waals surface area (Å²) in [6.45, 7) is 3.71. The molecule has 1 aliphatic rings. The van der Waals surface area contributed by atoms with E-state index in [1.54, 1.807) is 12.3 Å². The molecule has 3 aromatic rings. The first-order valence-corrected chi connectivity index (χ1v) is 11.0. The first-order valence-electron chi connectivity index (χ1n) is 11.0. The summed E-state index contributed by atoms with van der Waals surface area (Å²) in [5.41, 5.74) is 2.71. The third-order valence-electron chi connectivity index (χ3n) is 6.12. The summed E-state index contributed by atoms with van der Waals surface area (Å²) >= 11 is 0. The van der Waals surface area contributed by atoms with Gasteiger partial charge in [-0.05, 0) is 62.1 Å². The van der Waals surface area contributed by atoms with E-state index in [2.05, 4.69) is 15.2 Å². The number of carbonyl (C=O) groups excluding carboxylic acids is 1. The number of piperidine rings is 1. The maximum atomic E-state index is 14.2. The molecule has 2 aromatic carbocycles. The van der Waals surface area contributed by atoms with E-state index in [9.17, 15) is 13.6 Å². The molecule has 1 saturated heterocycles. The number of rotatable bonds is 6. The van der Waals surface area contributed by atoms with Crippen LogP contribution in [0.4, 0.5) is 8.78 Å². The summed E-state index contributed by atoms with van der Waals surface area (Å²) in [5.74, 6) is -1.65. The molecule has 6 heteroatoms. The Hall–Kier alpha value is -3.12. The highest BCUT2D eigenvalue weighted by Gasteiger charge is 2.31. The van der Waals surface area contributed by atoms with Gasteiger partial charge in [-0.15, -0.1) is 0 Å². The number of hydrogen-bond acceptors (Lipinski definition) is 3. The van der Waals surface area contributed by atoms with E-state index in [-0.39, 0.29) is 17.9 Å². The van der Waals surface area contributed by atoms with Gasteiger partial charge in [-0.2, -0.15) is 0 Å². The van der Waals surface area contributed by atoms with Crippen molar-refractivity contribution in [1.29, 1.82) is 0 Å². The summed E-state index contributed by atoms with van der Waals surface area (Å²) in [4.78, 5) is 19.7. The normalized spacial score (nSPS) is 17.7. The summed E-state index contributed by atoms with van der Waals surface area (Å²) in [6, 6.07) is 17.2. The van der Waals surface area contributed by atoms with E-state index in [0.717, 1.165) is 36.7 Å². The molecule has 1 aliphatic heterocycles. The molecule has 0 bridgehead atoms. The Bertz CT molecular complexity index is 1070. The van der Waals surface area contributed by atoms with Crippen LogP contribution in [0.15, 0.2) is 66.9 Å². The van der Waals surface area contributed by atoms with Crippen molar-refractivity contribution in [2.75, 3.05) is 13.1 Å². The zero-order valence-corrected chi connectivity index (χ0v) is 18.1. The number of likely N-dealkylation sites (tertiary alicyclic amines) is 1. The van der Waals surface area contributed by atoms with Crippen LogP contribution in [0.25, 0.3) is 0 Å². The monoisotopic (exact) mass is 435 g/mol. The predicted octanol–water partition coefficient (Wildman–Crippen LogP) is 5.05. The Balaban J connectivity index is 1.55. The van der Waals surface area contributed by atoms with Crippen molar-refractivity contribution in [2.45, 2.75) is 32.4 Å². The molecule has 1 aromatic heterocycles. The third kappa shape index (κ3) is 5.02. The maximum absolute atomic E-state index is 14.2. The maximum Gasteiger partial charge on any atom is 0.252 e. The largest absolute Gasteiger partial charge is 0.343 e. The lowest BCUT2D eigenvalue weighted by molar-refractivity contribution is 0.0873. The van der Waals surface area contributed by atoms with Gasteiger partial charge in [-0.1, -0.05) is 36.4 Å². The number of benzene rings is 2. The van der Waals surface area contributed by atoms with Crippen LogP contribution in [-0.4, -0.2) is 28.9 Å². The van der Waals surface area contributed by atoms with Crippen molar-refractivity contribution in [2.24, 2.45) is 5.92 Å². The molecule has 2 heterocycles. The van der Waals surface area contributed by atoms with E-state index < -0.39 is 11.6 Å². The molecule has 2 atom stereocenters. The number of nitrogens with zero attached hydrogens (tertiary/aromatic N) is 2. The average molecular weight is 436 g/mol. The van der Waals surface area contributed by atoms with Gasteiger partial charge in [0, 0.05) is 30.4 Å². The lowest BCUT2D eigenvalue weighted by atomic mass is 9.88. The fourth-order valence-corrected chi connectivity index (χ4v) is 4.46. The number of halogens is 2. The Kier molecular flexibility index (Phi) is 6.90. The summed E-state index contributed by atoms with van der Waals surface area (Å²) in [7, 11) is 0. The van der Waals surface area contributed by atoms with Gasteiger partial charge in [-0.3, -0.25) is 14.7 Å². The molecule has 4 rings (SSSR count). The number of aromatic nitrogens is 1. The van der Waals surface area contributed by atoms with Gasteiger partial charge >= 0.3 is 0 Å². The van der Waals surface area contributed by atoms with Crippen LogP contribution in [0.2, 0.25) is 0 Å². The first kappa shape index (κ1) is 22.1. The van der Waals surface area contributed by atoms with Crippen molar-refractivity contribution >= 4 is 5.91 Å². The number of hydrogen-bond donors (Lipinski definition) is 1. The Labute approximate surface area is 187 Å². The molecular formula is C26H27F2N3O. The minimum Gasteiger partial charge on any atom is -0.343 e. The van der Waals surface area contributed by atoms with Gasteiger partial charge in [0.25, 0.3) is 5.91 Å². The molecule has 1 N–H and O–H groups in total. The Morgan fingerprint density at radius 2 is 1.94 bits per heavy atom. The van der Waals surface area contributed by atoms with Crippen LogP contribution >= 0.6 is 0 Å². The van der Waals surface area contributed by atoms with E-state index in [4.69, 9.17) is 0 Å². The van der Waals surface area contributed by atoms with Crippen LogP contribution in [0, 0.1) is 24.5 Å². The number of aryl methyl sites for hydroxylation is 1. The summed E-state index contributed by atoms with van der Waals surface area (Å²) in [6.07, 6.45) is 3.55. The fourth-order valence-electron chi connectivity index (χ4n) is 4.46. The lowest BCUT2D eigenvalue weighted by Crippen LogP contribution is -2.43. The molecule has 1 amide bonds. The second-order valence-corrected chi connectivity index (χ2v) is 8.37. The molecule has 32 heavy (non-hydrogen) atoms. The minimum atomic E-state index is -0.826. The number of amides is 1. The van der Waals surface area contributed by atoms with Gasteiger partial charge in [0.1, 0.15) is 0 Å². The van der Waals surface area contributed by atoms with Crippen molar-refractivity contribution in [1.82, 2.24) is 15.2 Å². The van der Waals surface area contributed by atoms with Gasteiger partial charge in [0.15, 0.2) is 11.6 Å². The molecule has 0 radical (unpaired) electrons. The van der Waals surface area contributed by atoms with Crippen LogP contribution < -0.4 is 5.32 Å². The van der Waals surface area contributed by atoms with E-state index in [1.807, 2.05) is 49.4 Å². The number of pyridine rings is 1. The van der Waals surface area contributed by atoms with E-state index in [1.165, 1.54) is 6.07 Å². The second kappa shape index (κ2) is 10.0. The highest BCUT2D eigenvalue weighted by molar-refractivity contribution is 5.95. The van der Waals surface area contributed by atoms with Gasteiger partial charge < -0.3 is 5.32 Å². The van der Waals surface area contributed by atoms with Crippen molar-refractivity contribution in [3.8, 4) is 0 Å². The topological polar surface area (TPSA) is 45.2 Å². The molecule has 4 nitrogen and oxygen atoms in total. The first-order chi connectivity index (χ1) is 15.5. The molecule has 0 saturated carbocycles. The molecule has 0 aliphatic carbocycles. The van der Waals surface area contributed by atoms with Gasteiger partial charge in [-0.25, -0.2) is 8.78 Å². The molecule has 1 fully saturated rings. The van der Waals surface area contributed by atoms with Crippen molar-refractivity contribution in [3.63, 3.8) is 0 Å². The Morgan fingerprint density at radius 3 is 2.72 bits per heavy atom. The number of nitrogens with one attached hydrogen (secondary N) is 1. The molecule has 166 valence electrons. The van der Waals surface area contributed by atoms with Crippen LogP contribution in [0.1, 0.15) is 46.1 Å². The summed E-state index contributed by atoms with van der Waals surface area (Å²) in [5, 5.41) is 3.20. The zero-order chi connectivity index (χ0) is 22.5. The van der Waals surface area contributed by atoms with Gasteiger partial charge in [0.2, 0.25) is 0 Å². The number of carbonyl (C=O) groups is 1. The second-order valence-electron chi connectivity index (χ2n) is 8.37. The van der Waals surface area contributed by atoms with Crippen LogP contribution in [-0.2, 0) is 6.54 Å². The summed E-state index contributed by atoms with van der Waals surface area (Å²) < 4.78 is 27.9. The zero-order valence-electron chi connectivity index (χ0n) is 18.1. The van der Waals surface area contributed by atoms with E-state index in [0.29, 0.717) is 24.2 Å². The third-order valence-corrected chi connectivity index (χ3v) is 6.12. The standard InChI is InChI=1S/C26H27F2N3O/c1-18-8-2-3-11-21(18)26(32)30-25(23-13-4-5-14-29-23)20-10-7-15-31(17-20)16-19-9-6-12-22(27)24(19)28/h2-6,8-9,11-14,20,25H,7,10,15-17H2,1H3,(H,30,32)/t20-,25+/m0/s1. The van der Waals surface area contributed by atoms with E-state index >= 15 is 0 Å². The van der Waals surface area contributed by atoms with Crippen LogP contribution in [0.3, 0.4) is 0 Å². The minimum absolute atomic E-state index is 0.100. The molecular weight excluding hydrogens is 408 g/mol. The highest BCUT2D eigenvalue weighted by Crippen LogP contribution is 2.30. The molecule has 0 unspecified atom stereocenters. The fraction of sp³-hybridized carbons (Fsp3) is 0.308. The van der Waals surface area contributed by atoms with Crippen molar-refractivity contribution < 1.29 is 13.6 Å².